The van der Waals surface area contributed by atoms with Gasteiger partial charge in [0.15, 0.2) is 0 Å². The Bertz CT molecular complexity index is 581. The Morgan fingerprint density at radius 1 is 1.00 bits per heavy atom. The van der Waals surface area contributed by atoms with Crippen LogP contribution in [0.15, 0.2) is 54.6 Å². The third-order valence-electron chi connectivity index (χ3n) is 2.80. The van der Waals surface area contributed by atoms with Gasteiger partial charge >= 0.3 is 0 Å². The maximum atomic E-state index is 13.2. The second-order valence-corrected chi connectivity index (χ2v) is 6.40. The van der Waals surface area contributed by atoms with Crippen molar-refractivity contribution < 1.29 is 13.8 Å². The van der Waals surface area contributed by atoms with Crippen molar-refractivity contribution in [3.63, 3.8) is 0 Å². The van der Waals surface area contributed by atoms with Crippen molar-refractivity contribution in [3.8, 4) is 5.75 Å². The fourth-order valence-corrected chi connectivity index (χ4v) is 4.00. The van der Waals surface area contributed by atoms with Crippen LogP contribution >= 0.6 is 7.37 Å². The second kappa shape index (κ2) is 6.05. The molecule has 0 aromatic heterocycles. The highest BCUT2D eigenvalue weighted by Crippen LogP contribution is 2.44. The van der Waals surface area contributed by atoms with Gasteiger partial charge in [0.2, 0.25) is 0 Å². The van der Waals surface area contributed by atoms with E-state index in [1.165, 1.54) is 0 Å². The highest BCUT2D eigenvalue weighted by Gasteiger charge is 2.28. The number of ether oxygens (including phenoxy) is 1. The first kappa shape index (κ1) is 13.9. The fourth-order valence-electron chi connectivity index (χ4n) is 1.90. The van der Waals surface area contributed by atoms with E-state index in [1.54, 1.807) is 13.2 Å². The molecule has 0 heterocycles. The smallest absolute Gasteiger partial charge is 0.261 e. The van der Waals surface area contributed by atoms with E-state index < -0.39 is 7.37 Å². The molecule has 0 radical (unpaired) electrons. The van der Waals surface area contributed by atoms with Crippen molar-refractivity contribution in [2.45, 2.75) is 6.92 Å². The first-order chi connectivity index (χ1) is 9.20. The van der Waals surface area contributed by atoms with E-state index in [4.69, 9.17) is 9.26 Å². The molecule has 4 heteroatoms. The molecular weight excluding hydrogens is 259 g/mol. The largest absolute Gasteiger partial charge is 0.497 e. The molecule has 0 spiro atoms. The third kappa shape index (κ3) is 2.89. The first-order valence-electron chi connectivity index (χ1n) is 6.15. The van der Waals surface area contributed by atoms with Gasteiger partial charge in [-0.2, -0.15) is 0 Å². The van der Waals surface area contributed by atoms with Gasteiger partial charge in [0, 0.05) is 10.6 Å². The van der Waals surface area contributed by atoms with Crippen LogP contribution in [-0.4, -0.2) is 13.7 Å². The average molecular weight is 276 g/mol. The molecule has 0 bridgehead atoms. The lowest BCUT2D eigenvalue weighted by atomic mass is 10.3. The zero-order valence-electron chi connectivity index (χ0n) is 11.1. The molecule has 0 aliphatic rings. The number of hydrogen-bond donors (Lipinski definition) is 0. The standard InChI is InChI=1S/C15H17O3P/c1-3-18-19(16,14-9-5-4-6-10-14)15-11-7-8-13(12-15)17-2/h4-12H,3H2,1-2H3. The van der Waals surface area contributed by atoms with Gasteiger partial charge < -0.3 is 9.26 Å². The van der Waals surface area contributed by atoms with Crippen LogP contribution in [0.5, 0.6) is 5.75 Å². The zero-order valence-corrected chi connectivity index (χ0v) is 12.0. The molecule has 0 aliphatic heterocycles. The fraction of sp³-hybridized carbons (Fsp3) is 0.200. The van der Waals surface area contributed by atoms with Gasteiger partial charge in [0.1, 0.15) is 5.75 Å². The molecule has 0 saturated carbocycles. The van der Waals surface area contributed by atoms with E-state index >= 15 is 0 Å². The molecule has 3 nitrogen and oxygen atoms in total. The minimum absolute atomic E-state index is 0.392. The Kier molecular flexibility index (Phi) is 4.41. The van der Waals surface area contributed by atoms with Crippen LogP contribution in [0, 0.1) is 0 Å². The Balaban J connectivity index is 2.53. The molecule has 0 fully saturated rings. The van der Waals surface area contributed by atoms with Crippen molar-refractivity contribution in [1.82, 2.24) is 0 Å². The first-order valence-corrected chi connectivity index (χ1v) is 7.78. The topological polar surface area (TPSA) is 35.5 Å². The Hall–Kier alpha value is -1.57. The maximum Gasteiger partial charge on any atom is 0.261 e. The van der Waals surface area contributed by atoms with Crippen molar-refractivity contribution in [3.05, 3.63) is 54.6 Å². The second-order valence-electron chi connectivity index (χ2n) is 4.01. The van der Waals surface area contributed by atoms with Gasteiger partial charge in [-0.3, -0.25) is 4.57 Å². The van der Waals surface area contributed by atoms with Gasteiger partial charge in [0.25, 0.3) is 7.37 Å². The molecule has 0 saturated heterocycles. The third-order valence-corrected chi connectivity index (χ3v) is 5.36. The van der Waals surface area contributed by atoms with E-state index in [9.17, 15) is 4.57 Å². The number of benzene rings is 2. The van der Waals surface area contributed by atoms with Crippen LogP contribution in [-0.2, 0) is 9.09 Å². The molecule has 0 aliphatic carbocycles. The molecular formula is C15H17O3P. The summed E-state index contributed by atoms with van der Waals surface area (Å²) in [5.41, 5.74) is 0. The summed E-state index contributed by atoms with van der Waals surface area (Å²) >= 11 is 0. The van der Waals surface area contributed by atoms with Crippen molar-refractivity contribution in [2.75, 3.05) is 13.7 Å². The van der Waals surface area contributed by atoms with E-state index in [1.807, 2.05) is 55.5 Å². The molecule has 1 atom stereocenters. The van der Waals surface area contributed by atoms with E-state index in [-0.39, 0.29) is 0 Å². The monoisotopic (exact) mass is 276 g/mol. The van der Waals surface area contributed by atoms with Crippen molar-refractivity contribution >= 4 is 18.0 Å². The van der Waals surface area contributed by atoms with E-state index in [0.717, 1.165) is 0 Å². The molecule has 100 valence electrons. The highest BCUT2D eigenvalue weighted by molar-refractivity contribution is 7.74. The molecule has 0 amide bonds. The highest BCUT2D eigenvalue weighted by atomic mass is 31.2. The zero-order chi connectivity index (χ0) is 13.7. The summed E-state index contributed by atoms with van der Waals surface area (Å²) in [5.74, 6) is 0.674. The predicted molar refractivity (Wildman–Crippen MR) is 77.9 cm³/mol. The molecule has 0 N–H and O–H groups in total. The summed E-state index contributed by atoms with van der Waals surface area (Å²) in [6, 6.07) is 16.5. The van der Waals surface area contributed by atoms with Crippen LogP contribution in [0.25, 0.3) is 0 Å². The van der Waals surface area contributed by atoms with Gasteiger partial charge in [0.05, 0.1) is 13.7 Å². The maximum absolute atomic E-state index is 13.2. The molecule has 2 aromatic carbocycles. The van der Waals surface area contributed by atoms with Crippen molar-refractivity contribution in [2.24, 2.45) is 0 Å². The van der Waals surface area contributed by atoms with Crippen LogP contribution in [0.1, 0.15) is 6.92 Å². The summed E-state index contributed by atoms with van der Waals surface area (Å²) in [6.45, 7) is 2.24. The minimum atomic E-state index is -3.04. The minimum Gasteiger partial charge on any atom is -0.497 e. The Labute approximate surface area is 113 Å². The summed E-state index contributed by atoms with van der Waals surface area (Å²) in [7, 11) is -1.45. The lowest BCUT2D eigenvalue weighted by Crippen LogP contribution is -2.18. The van der Waals surface area contributed by atoms with Gasteiger partial charge in [-0.05, 0) is 37.3 Å². The van der Waals surface area contributed by atoms with E-state index in [2.05, 4.69) is 0 Å². The SMILES string of the molecule is CCOP(=O)(c1ccccc1)c1cccc(OC)c1. The van der Waals surface area contributed by atoms with Crippen molar-refractivity contribution in [1.29, 1.82) is 0 Å². The predicted octanol–water partition coefficient (Wildman–Crippen LogP) is 2.96. The number of methoxy groups -OCH3 is 1. The summed E-state index contributed by atoms with van der Waals surface area (Å²) in [4.78, 5) is 0. The Morgan fingerprint density at radius 3 is 2.32 bits per heavy atom. The van der Waals surface area contributed by atoms with E-state index in [0.29, 0.717) is 23.0 Å². The molecule has 19 heavy (non-hydrogen) atoms. The average Bonchev–Trinajstić information content (AvgIpc) is 2.48. The van der Waals surface area contributed by atoms with Crippen LogP contribution in [0.2, 0.25) is 0 Å². The number of rotatable bonds is 5. The molecule has 2 rings (SSSR count). The Morgan fingerprint density at radius 2 is 1.68 bits per heavy atom. The number of hydrogen-bond acceptors (Lipinski definition) is 3. The van der Waals surface area contributed by atoms with Crippen LogP contribution in [0.4, 0.5) is 0 Å². The summed E-state index contributed by atoms with van der Waals surface area (Å²) in [5, 5.41) is 1.35. The summed E-state index contributed by atoms with van der Waals surface area (Å²) < 4.78 is 24.0. The van der Waals surface area contributed by atoms with Gasteiger partial charge in [-0.1, -0.05) is 24.3 Å². The molecule has 2 aromatic rings. The lowest BCUT2D eigenvalue weighted by molar-refractivity contribution is 0.348. The summed E-state index contributed by atoms with van der Waals surface area (Å²) in [6.07, 6.45) is 0. The van der Waals surface area contributed by atoms with Gasteiger partial charge in [-0.15, -0.1) is 0 Å². The quantitative estimate of drug-likeness (QED) is 0.788. The normalized spacial score (nSPS) is 13.8. The van der Waals surface area contributed by atoms with Crippen LogP contribution in [0.3, 0.4) is 0 Å². The van der Waals surface area contributed by atoms with Gasteiger partial charge in [-0.25, -0.2) is 0 Å². The lowest BCUT2D eigenvalue weighted by Gasteiger charge is -2.19. The van der Waals surface area contributed by atoms with Crippen LogP contribution < -0.4 is 15.3 Å². The molecule has 1 unspecified atom stereocenters.